The van der Waals surface area contributed by atoms with E-state index in [1.807, 2.05) is 25.2 Å². The van der Waals surface area contributed by atoms with Crippen molar-refractivity contribution < 1.29 is 18.3 Å². The number of alkyl halides is 3. The van der Waals surface area contributed by atoms with Crippen LogP contribution in [0.5, 0.6) is 5.88 Å². The molecule has 4 rings (SSSR count). The molecule has 2 aromatic carbocycles. The number of pyridine rings is 1. The number of hydrogen-bond donors (Lipinski definition) is 2. The van der Waals surface area contributed by atoms with Gasteiger partial charge in [0.05, 0.1) is 23.9 Å². The van der Waals surface area contributed by atoms with Gasteiger partial charge in [-0.3, -0.25) is 9.55 Å². The Kier molecular flexibility index (Phi) is 5.40. The lowest BCUT2D eigenvalue weighted by Gasteiger charge is -2.08. The minimum absolute atomic E-state index is 0.00702. The Bertz CT molecular complexity index is 1300. The Balaban J connectivity index is 1.67. The second-order valence-corrected chi connectivity index (χ2v) is 7.87. The summed E-state index contributed by atoms with van der Waals surface area (Å²) in [6.45, 7) is 0.194. The highest BCUT2D eigenvalue weighted by molar-refractivity contribution is 8.00. The summed E-state index contributed by atoms with van der Waals surface area (Å²) in [5.41, 5.74) is -2.13. The molecule has 2 aromatic heterocycles. The zero-order chi connectivity index (χ0) is 22.2. The van der Waals surface area contributed by atoms with Crippen molar-refractivity contribution in [3.63, 3.8) is 0 Å². The van der Waals surface area contributed by atoms with Crippen LogP contribution in [-0.4, -0.2) is 31.8 Å². The molecule has 31 heavy (non-hydrogen) atoms. The Labute approximate surface area is 179 Å². The first-order chi connectivity index (χ1) is 14.7. The maximum Gasteiger partial charge on any atom is 0.446 e. The molecular weight excluding hydrogens is 429 g/mol. The Morgan fingerprint density at radius 1 is 1.13 bits per heavy atom. The minimum Gasteiger partial charge on any atom is -0.493 e. The summed E-state index contributed by atoms with van der Waals surface area (Å²) in [6, 6.07) is 12.7. The van der Waals surface area contributed by atoms with Crippen molar-refractivity contribution in [2.75, 3.05) is 12.4 Å². The fourth-order valence-electron chi connectivity index (χ4n) is 3.32. The third kappa shape index (κ3) is 4.38. The first-order valence-electron chi connectivity index (χ1n) is 9.18. The number of fused-ring (bicyclic) bond motifs is 1. The quantitative estimate of drug-likeness (QED) is 0.439. The summed E-state index contributed by atoms with van der Waals surface area (Å²) in [5, 5.41) is 14.2. The number of nitrogens with zero attached hydrogens (tertiary/aromatic N) is 3. The largest absolute Gasteiger partial charge is 0.493 e. The van der Waals surface area contributed by atoms with Crippen LogP contribution in [0, 0.1) is 0 Å². The van der Waals surface area contributed by atoms with Crippen LogP contribution in [-0.2, 0) is 6.54 Å². The topological polar surface area (TPSA) is 72.1 Å². The third-order valence-electron chi connectivity index (χ3n) is 4.73. The molecule has 2 heterocycles. The maximum absolute atomic E-state index is 12.9. The van der Waals surface area contributed by atoms with E-state index in [9.17, 15) is 23.1 Å². The van der Waals surface area contributed by atoms with Gasteiger partial charge in [-0.05, 0) is 59.8 Å². The van der Waals surface area contributed by atoms with Crippen LogP contribution in [0.2, 0.25) is 0 Å². The van der Waals surface area contributed by atoms with Gasteiger partial charge in [-0.2, -0.15) is 13.2 Å². The normalized spacial score (nSPS) is 11.7. The van der Waals surface area contributed by atoms with Gasteiger partial charge in [0.15, 0.2) is 0 Å². The molecule has 4 aromatic rings. The van der Waals surface area contributed by atoms with Gasteiger partial charge in [-0.1, -0.05) is 6.07 Å². The number of rotatable bonds is 5. The van der Waals surface area contributed by atoms with E-state index >= 15 is 0 Å². The summed E-state index contributed by atoms with van der Waals surface area (Å²) in [5.74, 6) is -0.308. The lowest BCUT2D eigenvalue weighted by atomic mass is 10.1. The standard InChI is InChI=1S/C21H17F3N4O2S/c1-25-14-2-7-17-13(8-9-26-18(17)10-14)11-27-12-19(29)28(20(27)30)15-3-5-16(6-4-15)31-21(22,23)24/h2-10,12,25,29H,11H2,1H3. The molecule has 0 amide bonds. The highest BCUT2D eigenvalue weighted by atomic mass is 32.2. The molecule has 0 fully saturated rings. The lowest BCUT2D eigenvalue weighted by Crippen LogP contribution is -2.23. The Morgan fingerprint density at radius 3 is 2.55 bits per heavy atom. The van der Waals surface area contributed by atoms with Gasteiger partial charge in [-0.15, -0.1) is 0 Å². The molecule has 0 saturated carbocycles. The van der Waals surface area contributed by atoms with E-state index in [1.165, 1.54) is 35.0 Å². The SMILES string of the molecule is CNc1ccc2c(Cn3cc(O)n(-c4ccc(SC(F)(F)F)cc4)c3=O)ccnc2c1. The molecule has 6 nitrogen and oxygen atoms in total. The number of thioether (sulfide) groups is 1. The molecule has 0 aliphatic heterocycles. The van der Waals surface area contributed by atoms with Gasteiger partial charge in [0, 0.05) is 29.2 Å². The Hall–Kier alpha value is -3.40. The van der Waals surface area contributed by atoms with Crippen LogP contribution in [0.15, 0.2) is 70.6 Å². The highest BCUT2D eigenvalue weighted by Crippen LogP contribution is 2.37. The molecule has 0 unspecified atom stereocenters. The van der Waals surface area contributed by atoms with Crippen molar-refractivity contribution in [2.24, 2.45) is 0 Å². The molecular formula is C21H17F3N4O2S. The number of anilines is 1. The van der Waals surface area contributed by atoms with Crippen LogP contribution in [0.25, 0.3) is 16.6 Å². The van der Waals surface area contributed by atoms with Crippen LogP contribution in [0.3, 0.4) is 0 Å². The van der Waals surface area contributed by atoms with Crippen molar-refractivity contribution in [3.8, 4) is 11.6 Å². The predicted molar refractivity (Wildman–Crippen MR) is 114 cm³/mol. The van der Waals surface area contributed by atoms with E-state index in [4.69, 9.17) is 0 Å². The number of imidazole rings is 1. The molecule has 0 radical (unpaired) electrons. The number of nitrogens with one attached hydrogen (secondary N) is 1. The third-order valence-corrected chi connectivity index (χ3v) is 5.47. The number of benzene rings is 2. The van der Waals surface area contributed by atoms with Gasteiger partial charge in [0.25, 0.3) is 0 Å². The fraction of sp³-hybridized carbons (Fsp3) is 0.143. The molecule has 0 bridgehead atoms. The number of halogens is 3. The molecule has 10 heteroatoms. The second-order valence-electron chi connectivity index (χ2n) is 6.73. The van der Waals surface area contributed by atoms with Crippen molar-refractivity contribution in [3.05, 3.63) is 77.0 Å². The smallest absolute Gasteiger partial charge is 0.446 e. The van der Waals surface area contributed by atoms with E-state index < -0.39 is 11.2 Å². The second kappa shape index (κ2) is 8.03. The molecule has 0 saturated heterocycles. The Morgan fingerprint density at radius 2 is 1.87 bits per heavy atom. The summed E-state index contributed by atoms with van der Waals surface area (Å²) in [4.78, 5) is 17.2. The molecule has 2 N–H and O–H groups in total. The lowest BCUT2D eigenvalue weighted by molar-refractivity contribution is -0.0328. The van der Waals surface area contributed by atoms with Crippen molar-refractivity contribution in [1.82, 2.24) is 14.1 Å². The summed E-state index contributed by atoms with van der Waals surface area (Å²) < 4.78 is 39.9. The van der Waals surface area contributed by atoms with Crippen molar-refractivity contribution >= 4 is 28.4 Å². The average Bonchev–Trinajstić information content (AvgIpc) is 3.00. The van der Waals surface area contributed by atoms with E-state index in [-0.39, 0.29) is 34.8 Å². The van der Waals surface area contributed by atoms with Crippen LogP contribution in [0.1, 0.15) is 5.56 Å². The van der Waals surface area contributed by atoms with Crippen molar-refractivity contribution in [1.29, 1.82) is 0 Å². The van der Waals surface area contributed by atoms with Crippen LogP contribution < -0.4 is 11.0 Å². The van der Waals surface area contributed by atoms with Gasteiger partial charge < -0.3 is 10.4 Å². The summed E-state index contributed by atoms with van der Waals surface area (Å²) >= 11 is -0.242. The molecule has 0 aliphatic carbocycles. The zero-order valence-electron chi connectivity index (χ0n) is 16.2. The summed E-state index contributed by atoms with van der Waals surface area (Å²) in [7, 11) is 1.81. The molecule has 160 valence electrons. The van der Waals surface area contributed by atoms with E-state index in [0.29, 0.717) is 0 Å². The maximum atomic E-state index is 12.9. The van der Waals surface area contributed by atoms with E-state index in [0.717, 1.165) is 26.7 Å². The van der Waals surface area contributed by atoms with Crippen LogP contribution >= 0.6 is 11.8 Å². The zero-order valence-corrected chi connectivity index (χ0v) is 17.0. The van der Waals surface area contributed by atoms with Crippen molar-refractivity contribution in [2.45, 2.75) is 16.9 Å². The first kappa shape index (κ1) is 20.9. The molecule has 0 aliphatic rings. The highest BCUT2D eigenvalue weighted by Gasteiger charge is 2.29. The number of hydrogen-bond acceptors (Lipinski definition) is 5. The minimum atomic E-state index is -4.40. The van der Waals surface area contributed by atoms with Gasteiger partial charge in [0.1, 0.15) is 0 Å². The number of aromatic nitrogens is 3. The van der Waals surface area contributed by atoms with Crippen LogP contribution in [0.4, 0.5) is 18.9 Å². The first-order valence-corrected chi connectivity index (χ1v) is 9.99. The van der Waals surface area contributed by atoms with E-state index in [2.05, 4.69) is 10.3 Å². The van der Waals surface area contributed by atoms with Gasteiger partial charge in [-0.25, -0.2) is 9.36 Å². The van der Waals surface area contributed by atoms with Gasteiger partial charge in [0.2, 0.25) is 5.88 Å². The molecule has 0 atom stereocenters. The predicted octanol–water partition coefficient (Wildman–Crippen LogP) is 4.59. The van der Waals surface area contributed by atoms with E-state index in [1.54, 1.807) is 12.3 Å². The monoisotopic (exact) mass is 446 g/mol. The fourth-order valence-corrected chi connectivity index (χ4v) is 3.86. The van der Waals surface area contributed by atoms with Gasteiger partial charge >= 0.3 is 11.2 Å². The average molecular weight is 446 g/mol. The number of aromatic hydroxyl groups is 1. The molecule has 0 spiro atoms. The summed E-state index contributed by atoms with van der Waals surface area (Å²) in [6.07, 6.45) is 2.95.